The molecule has 3 heteroatoms. The van der Waals surface area contributed by atoms with E-state index in [4.69, 9.17) is 8.83 Å². The monoisotopic (exact) mass is 411 g/mol. The summed E-state index contributed by atoms with van der Waals surface area (Å²) in [5.41, 5.74) is 7.84. The summed E-state index contributed by atoms with van der Waals surface area (Å²) in [5.74, 6) is 0. The van der Waals surface area contributed by atoms with E-state index in [2.05, 4.69) is 53.5 Å². The Labute approximate surface area is 183 Å². The van der Waals surface area contributed by atoms with Crippen LogP contribution in [0.25, 0.3) is 66.3 Å². The summed E-state index contributed by atoms with van der Waals surface area (Å²) < 4.78 is 12.3. The molecule has 32 heavy (non-hydrogen) atoms. The lowest BCUT2D eigenvalue weighted by Gasteiger charge is -2.05. The molecule has 4 aromatic carbocycles. The summed E-state index contributed by atoms with van der Waals surface area (Å²) in [7, 11) is 0. The zero-order valence-corrected chi connectivity index (χ0v) is 17.1. The maximum atomic E-state index is 6.21. The van der Waals surface area contributed by atoms with E-state index in [-0.39, 0.29) is 0 Å². The zero-order valence-electron chi connectivity index (χ0n) is 17.1. The minimum absolute atomic E-state index is 0.871. The van der Waals surface area contributed by atoms with Gasteiger partial charge in [0, 0.05) is 33.3 Å². The third-order valence-corrected chi connectivity index (χ3v) is 6.14. The molecule has 0 unspecified atom stereocenters. The van der Waals surface area contributed by atoms with E-state index in [9.17, 15) is 0 Å². The number of pyridine rings is 1. The second-order valence-corrected chi connectivity index (χ2v) is 8.02. The van der Waals surface area contributed by atoms with E-state index in [0.29, 0.717) is 0 Å². The highest BCUT2D eigenvalue weighted by Gasteiger charge is 2.16. The Bertz CT molecular complexity index is 1770. The van der Waals surface area contributed by atoms with Crippen molar-refractivity contribution in [2.24, 2.45) is 0 Å². The summed E-state index contributed by atoms with van der Waals surface area (Å²) in [4.78, 5) is 4.57. The standard InChI is InChI=1S/C29H17NO2/c1-2-6-18(7-3-1)23-17-20(14-15-30-23)19-10-11-25-22(16-19)29-27(32-25)13-12-26-28(29)21-8-4-5-9-24(21)31-26/h1-17H. The van der Waals surface area contributed by atoms with Crippen LogP contribution >= 0.6 is 0 Å². The Balaban J connectivity index is 1.49. The highest BCUT2D eigenvalue weighted by atomic mass is 16.3. The van der Waals surface area contributed by atoms with Gasteiger partial charge in [-0.05, 0) is 53.6 Å². The third kappa shape index (κ3) is 2.51. The molecular weight excluding hydrogens is 394 g/mol. The summed E-state index contributed by atoms with van der Waals surface area (Å²) >= 11 is 0. The van der Waals surface area contributed by atoms with Crippen LogP contribution in [-0.2, 0) is 0 Å². The van der Waals surface area contributed by atoms with Crippen LogP contribution in [0.3, 0.4) is 0 Å². The van der Waals surface area contributed by atoms with Gasteiger partial charge in [0.1, 0.15) is 22.3 Å². The van der Waals surface area contributed by atoms with Gasteiger partial charge in [0.25, 0.3) is 0 Å². The Morgan fingerprint density at radius 1 is 0.469 bits per heavy atom. The summed E-state index contributed by atoms with van der Waals surface area (Å²) in [6.07, 6.45) is 1.87. The van der Waals surface area contributed by atoms with Crippen molar-refractivity contribution in [2.75, 3.05) is 0 Å². The van der Waals surface area contributed by atoms with Crippen LogP contribution in [0.15, 0.2) is 112 Å². The van der Waals surface area contributed by atoms with E-state index in [1.54, 1.807) is 0 Å². The minimum atomic E-state index is 0.871. The van der Waals surface area contributed by atoms with Crippen LogP contribution in [0, 0.1) is 0 Å². The molecule has 0 atom stereocenters. The van der Waals surface area contributed by atoms with E-state index >= 15 is 0 Å². The number of fused-ring (bicyclic) bond motifs is 7. The molecule has 3 aromatic heterocycles. The van der Waals surface area contributed by atoms with Gasteiger partial charge in [-0.15, -0.1) is 0 Å². The molecule has 0 aliphatic carbocycles. The first-order valence-electron chi connectivity index (χ1n) is 10.6. The van der Waals surface area contributed by atoms with Gasteiger partial charge >= 0.3 is 0 Å². The fraction of sp³-hybridized carbons (Fsp3) is 0. The summed E-state index contributed by atoms with van der Waals surface area (Å²) in [6.45, 7) is 0. The van der Waals surface area contributed by atoms with Gasteiger partial charge < -0.3 is 8.83 Å². The fourth-order valence-electron chi connectivity index (χ4n) is 4.64. The maximum Gasteiger partial charge on any atom is 0.136 e. The molecule has 3 nitrogen and oxygen atoms in total. The van der Waals surface area contributed by atoms with Crippen molar-refractivity contribution in [3.63, 3.8) is 0 Å². The van der Waals surface area contributed by atoms with Gasteiger partial charge in [0.15, 0.2) is 0 Å². The number of aromatic nitrogens is 1. The first-order valence-corrected chi connectivity index (χ1v) is 10.6. The molecule has 0 fully saturated rings. The number of benzene rings is 4. The zero-order chi connectivity index (χ0) is 21.1. The molecule has 0 bridgehead atoms. The van der Waals surface area contributed by atoms with Gasteiger partial charge in [0.2, 0.25) is 0 Å². The van der Waals surface area contributed by atoms with Crippen LogP contribution in [0.1, 0.15) is 0 Å². The minimum Gasteiger partial charge on any atom is -0.456 e. The lowest BCUT2D eigenvalue weighted by Crippen LogP contribution is -1.85. The van der Waals surface area contributed by atoms with Crippen molar-refractivity contribution in [3.8, 4) is 22.4 Å². The lowest BCUT2D eigenvalue weighted by atomic mass is 10.00. The number of hydrogen-bond donors (Lipinski definition) is 0. The van der Waals surface area contributed by atoms with Gasteiger partial charge in [-0.2, -0.15) is 0 Å². The molecule has 0 saturated heterocycles. The molecular formula is C29H17NO2. The SMILES string of the molecule is c1ccc(-c2cc(-c3ccc4oc5ccc6oc7ccccc7c6c5c4c3)ccn2)cc1. The molecule has 0 saturated carbocycles. The molecule has 7 rings (SSSR count). The van der Waals surface area contributed by atoms with Gasteiger partial charge in [-0.25, -0.2) is 0 Å². The van der Waals surface area contributed by atoms with Gasteiger partial charge in [-0.3, -0.25) is 4.98 Å². The summed E-state index contributed by atoms with van der Waals surface area (Å²) in [5, 5.41) is 4.40. The van der Waals surface area contributed by atoms with Gasteiger partial charge in [0.05, 0.1) is 5.69 Å². The average Bonchev–Trinajstić information content (AvgIpc) is 3.42. The topological polar surface area (TPSA) is 39.2 Å². The first-order chi connectivity index (χ1) is 15.8. The van der Waals surface area contributed by atoms with Crippen molar-refractivity contribution in [2.45, 2.75) is 0 Å². The predicted octanol–water partition coefficient (Wildman–Crippen LogP) is 8.21. The molecule has 0 spiro atoms. The van der Waals surface area contributed by atoms with Crippen LogP contribution in [0.4, 0.5) is 0 Å². The highest BCUT2D eigenvalue weighted by Crippen LogP contribution is 2.41. The van der Waals surface area contributed by atoms with Crippen molar-refractivity contribution in [1.82, 2.24) is 4.98 Å². The second-order valence-electron chi connectivity index (χ2n) is 8.02. The van der Waals surface area contributed by atoms with E-state index in [1.165, 1.54) is 0 Å². The number of rotatable bonds is 2. The fourth-order valence-corrected chi connectivity index (χ4v) is 4.64. The van der Waals surface area contributed by atoms with Crippen LogP contribution < -0.4 is 0 Å². The largest absolute Gasteiger partial charge is 0.456 e. The van der Waals surface area contributed by atoms with E-state index in [0.717, 1.165) is 66.3 Å². The van der Waals surface area contributed by atoms with E-state index in [1.807, 2.05) is 54.7 Å². The summed E-state index contributed by atoms with van der Waals surface area (Å²) in [6, 6.07) is 33.0. The number of nitrogens with zero attached hydrogens (tertiary/aromatic N) is 1. The molecule has 0 aliphatic rings. The molecule has 0 radical (unpaired) electrons. The van der Waals surface area contributed by atoms with Crippen LogP contribution in [0.5, 0.6) is 0 Å². The molecule has 0 amide bonds. The van der Waals surface area contributed by atoms with Crippen molar-refractivity contribution >= 4 is 43.9 Å². The van der Waals surface area contributed by atoms with E-state index < -0.39 is 0 Å². The third-order valence-electron chi connectivity index (χ3n) is 6.14. The molecule has 150 valence electrons. The van der Waals surface area contributed by atoms with Gasteiger partial charge in [-0.1, -0.05) is 54.6 Å². The Morgan fingerprint density at radius 2 is 1.12 bits per heavy atom. The highest BCUT2D eigenvalue weighted by molar-refractivity contribution is 6.26. The maximum absolute atomic E-state index is 6.21. The molecule has 3 heterocycles. The second kappa shape index (κ2) is 6.56. The number of hydrogen-bond acceptors (Lipinski definition) is 3. The van der Waals surface area contributed by atoms with Crippen molar-refractivity contribution in [1.29, 1.82) is 0 Å². The normalized spacial score (nSPS) is 11.8. The quantitative estimate of drug-likeness (QED) is 0.288. The molecule has 0 aliphatic heterocycles. The number of furan rings is 2. The number of para-hydroxylation sites is 1. The smallest absolute Gasteiger partial charge is 0.136 e. The molecule has 7 aromatic rings. The van der Waals surface area contributed by atoms with Crippen LogP contribution in [-0.4, -0.2) is 4.98 Å². The van der Waals surface area contributed by atoms with Crippen molar-refractivity contribution in [3.05, 3.63) is 103 Å². The van der Waals surface area contributed by atoms with Crippen LogP contribution in [0.2, 0.25) is 0 Å². The Morgan fingerprint density at radius 3 is 1.97 bits per heavy atom. The predicted molar refractivity (Wildman–Crippen MR) is 130 cm³/mol. The van der Waals surface area contributed by atoms with Crippen molar-refractivity contribution < 1.29 is 8.83 Å². The first kappa shape index (κ1) is 17.3. The lowest BCUT2D eigenvalue weighted by molar-refractivity contribution is 0.663. The Kier molecular flexibility index (Phi) is 3.55. The Hall–Kier alpha value is -4.37. The molecule has 0 N–H and O–H groups in total. The average molecular weight is 411 g/mol.